The van der Waals surface area contributed by atoms with Gasteiger partial charge in [-0.05, 0) is 5.56 Å². The Morgan fingerprint density at radius 1 is 0.812 bits per heavy atom. The summed E-state index contributed by atoms with van der Waals surface area (Å²) < 4.78 is 21.6. The van der Waals surface area contributed by atoms with Gasteiger partial charge in [0, 0.05) is 0 Å². The van der Waals surface area contributed by atoms with Crippen LogP contribution >= 0.6 is 0 Å². The third-order valence-electron chi connectivity index (χ3n) is 5.43. The molecule has 0 spiro atoms. The molecular formula is C20H27NO11. The molecule has 3 rings (SSSR count). The Morgan fingerprint density at radius 2 is 1.38 bits per heavy atom. The van der Waals surface area contributed by atoms with Crippen LogP contribution in [0, 0.1) is 11.3 Å². The van der Waals surface area contributed by atoms with E-state index < -0.39 is 80.7 Å². The first-order valence-electron chi connectivity index (χ1n) is 10.00. The zero-order valence-corrected chi connectivity index (χ0v) is 16.9. The summed E-state index contributed by atoms with van der Waals surface area (Å²) in [6.07, 6.45) is -16.5. The Labute approximate surface area is 183 Å². The highest BCUT2D eigenvalue weighted by molar-refractivity contribution is 5.22. The number of hydrogen-bond acceptors (Lipinski definition) is 12. The van der Waals surface area contributed by atoms with Gasteiger partial charge >= 0.3 is 0 Å². The summed E-state index contributed by atoms with van der Waals surface area (Å²) in [5, 5.41) is 79.1. The first-order chi connectivity index (χ1) is 15.3. The Balaban J connectivity index is 1.65. The predicted octanol–water partition coefficient (Wildman–Crippen LogP) is -3.11. The van der Waals surface area contributed by atoms with Gasteiger partial charge in [0.25, 0.3) is 0 Å². The van der Waals surface area contributed by atoms with Crippen molar-refractivity contribution in [2.75, 3.05) is 13.2 Å². The van der Waals surface area contributed by atoms with Crippen LogP contribution in [0.3, 0.4) is 0 Å². The number of benzene rings is 1. The zero-order valence-electron chi connectivity index (χ0n) is 16.9. The van der Waals surface area contributed by atoms with E-state index in [-0.39, 0.29) is 0 Å². The summed E-state index contributed by atoms with van der Waals surface area (Å²) in [5.41, 5.74) is 0.487. The molecule has 2 fully saturated rings. The van der Waals surface area contributed by atoms with Crippen LogP contribution in [0.15, 0.2) is 30.3 Å². The van der Waals surface area contributed by atoms with Gasteiger partial charge < -0.3 is 54.7 Å². The molecule has 7 N–H and O–H groups in total. The van der Waals surface area contributed by atoms with Crippen molar-refractivity contribution in [3.05, 3.63) is 35.9 Å². The van der Waals surface area contributed by atoms with Crippen LogP contribution in [0.4, 0.5) is 0 Å². The van der Waals surface area contributed by atoms with Crippen LogP contribution < -0.4 is 0 Å². The van der Waals surface area contributed by atoms with Gasteiger partial charge in [-0.2, -0.15) is 5.26 Å². The highest BCUT2D eigenvalue weighted by atomic mass is 16.7. The summed E-state index contributed by atoms with van der Waals surface area (Å²) in [7, 11) is 0. The molecule has 178 valence electrons. The van der Waals surface area contributed by atoms with Gasteiger partial charge in [0.2, 0.25) is 0 Å². The van der Waals surface area contributed by atoms with Gasteiger partial charge in [-0.15, -0.1) is 0 Å². The van der Waals surface area contributed by atoms with E-state index in [0.717, 1.165) is 0 Å². The van der Waals surface area contributed by atoms with Crippen LogP contribution in [-0.2, 0) is 18.9 Å². The van der Waals surface area contributed by atoms with Crippen LogP contribution in [0.25, 0.3) is 0 Å². The number of aliphatic hydroxyl groups is 7. The maximum atomic E-state index is 10.3. The molecule has 12 heteroatoms. The molecule has 0 amide bonds. The van der Waals surface area contributed by atoms with Gasteiger partial charge in [0.15, 0.2) is 18.7 Å². The van der Waals surface area contributed by atoms with Crippen LogP contribution in [0.5, 0.6) is 0 Å². The van der Waals surface area contributed by atoms with E-state index in [1.807, 2.05) is 6.07 Å². The van der Waals surface area contributed by atoms with Crippen molar-refractivity contribution in [2.45, 2.75) is 67.5 Å². The SMILES string of the molecule is N#C[C@H](OC1OC(COC2OC(CO)C(O)C(O)C2O)C(O)C(O)C1O)c1ccccc1. The summed E-state index contributed by atoms with van der Waals surface area (Å²) in [5.74, 6) is 0. The topological polar surface area (TPSA) is 202 Å². The second-order valence-corrected chi connectivity index (χ2v) is 7.60. The number of rotatable bonds is 7. The van der Waals surface area contributed by atoms with Crippen molar-refractivity contribution in [2.24, 2.45) is 0 Å². The van der Waals surface area contributed by atoms with Crippen molar-refractivity contribution >= 4 is 0 Å². The maximum Gasteiger partial charge on any atom is 0.188 e. The maximum absolute atomic E-state index is 10.3. The molecule has 2 saturated heterocycles. The number of hydrogen-bond donors (Lipinski definition) is 7. The van der Waals surface area contributed by atoms with Gasteiger partial charge in [0.1, 0.15) is 48.8 Å². The van der Waals surface area contributed by atoms with Crippen molar-refractivity contribution in [3.63, 3.8) is 0 Å². The summed E-state index contributed by atoms with van der Waals surface area (Å²) in [6, 6.07) is 10.3. The summed E-state index contributed by atoms with van der Waals surface area (Å²) >= 11 is 0. The largest absolute Gasteiger partial charge is 0.394 e. The molecule has 1 aromatic carbocycles. The second-order valence-electron chi connectivity index (χ2n) is 7.60. The Kier molecular flexibility index (Phi) is 8.50. The molecule has 2 aliphatic rings. The minimum Gasteiger partial charge on any atom is -0.394 e. The molecule has 1 aromatic rings. The molecule has 10 unspecified atom stereocenters. The molecule has 12 nitrogen and oxygen atoms in total. The molecule has 0 bridgehead atoms. The second kappa shape index (κ2) is 10.9. The van der Waals surface area contributed by atoms with Crippen molar-refractivity contribution in [1.29, 1.82) is 5.26 Å². The lowest BCUT2D eigenvalue weighted by molar-refractivity contribution is -0.334. The van der Waals surface area contributed by atoms with E-state index in [9.17, 15) is 41.0 Å². The molecule has 11 atom stereocenters. The van der Waals surface area contributed by atoms with Crippen molar-refractivity contribution < 1.29 is 54.7 Å². The molecule has 2 heterocycles. The van der Waals surface area contributed by atoms with E-state index in [4.69, 9.17) is 18.9 Å². The molecule has 0 aliphatic carbocycles. The Morgan fingerprint density at radius 3 is 1.97 bits per heavy atom. The van der Waals surface area contributed by atoms with Crippen molar-refractivity contribution in [1.82, 2.24) is 0 Å². The van der Waals surface area contributed by atoms with E-state index in [1.165, 1.54) is 0 Å². The smallest absolute Gasteiger partial charge is 0.188 e. The van der Waals surface area contributed by atoms with Gasteiger partial charge in [-0.1, -0.05) is 30.3 Å². The standard InChI is InChI=1S/C20H27NO11/c21-6-10(9-4-2-1-3-5-9)30-20-18(28)16(26)14(24)12(32-20)8-29-19-17(27)15(25)13(23)11(7-22)31-19/h1-5,10-20,22-28H,7-8H2/t10-,11?,12?,13?,14?,15?,16?,17?,18?,19?,20?/m0/s1. The molecule has 0 radical (unpaired) electrons. The highest BCUT2D eigenvalue weighted by Gasteiger charge is 2.48. The molecule has 32 heavy (non-hydrogen) atoms. The van der Waals surface area contributed by atoms with E-state index in [0.29, 0.717) is 5.56 Å². The first kappa shape index (κ1) is 24.9. The number of nitrogens with zero attached hydrogens (tertiary/aromatic N) is 1. The number of ether oxygens (including phenoxy) is 4. The first-order valence-corrected chi connectivity index (χ1v) is 10.00. The van der Waals surface area contributed by atoms with Crippen LogP contribution in [0.1, 0.15) is 11.7 Å². The monoisotopic (exact) mass is 457 g/mol. The van der Waals surface area contributed by atoms with E-state index >= 15 is 0 Å². The normalized spacial score (nSPS) is 41.1. The predicted molar refractivity (Wildman–Crippen MR) is 102 cm³/mol. The Hall–Kier alpha value is -1.73. The lowest BCUT2D eigenvalue weighted by atomic mass is 9.98. The average molecular weight is 457 g/mol. The van der Waals surface area contributed by atoms with E-state index in [2.05, 4.69) is 0 Å². The molecule has 0 aromatic heterocycles. The third kappa shape index (κ3) is 5.25. The van der Waals surface area contributed by atoms with Gasteiger partial charge in [0.05, 0.1) is 19.3 Å². The van der Waals surface area contributed by atoms with Gasteiger partial charge in [-0.3, -0.25) is 0 Å². The molecular weight excluding hydrogens is 430 g/mol. The van der Waals surface area contributed by atoms with Crippen molar-refractivity contribution in [3.8, 4) is 6.07 Å². The average Bonchev–Trinajstić information content (AvgIpc) is 2.81. The minimum absolute atomic E-state index is 0.487. The fourth-order valence-electron chi connectivity index (χ4n) is 3.51. The zero-order chi connectivity index (χ0) is 23.4. The summed E-state index contributed by atoms with van der Waals surface area (Å²) in [6.45, 7) is -1.14. The summed E-state index contributed by atoms with van der Waals surface area (Å²) in [4.78, 5) is 0. The Bertz CT molecular complexity index is 760. The highest BCUT2D eigenvalue weighted by Crippen LogP contribution is 2.28. The van der Waals surface area contributed by atoms with Crippen LogP contribution in [0.2, 0.25) is 0 Å². The van der Waals surface area contributed by atoms with E-state index in [1.54, 1.807) is 30.3 Å². The lowest BCUT2D eigenvalue weighted by Gasteiger charge is -2.43. The van der Waals surface area contributed by atoms with Crippen LogP contribution in [-0.4, -0.2) is 110 Å². The fourth-order valence-corrected chi connectivity index (χ4v) is 3.51. The molecule has 0 saturated carbocycles. The quantitative estimate of drug-likeness (QED) is 0.218. The number of nitriles is 1. The lowest BCUT2D eigenvalue weighted by Crippen LogP contribution is -2.61. The minimum atomic E-state index is -1.70. The third-order valence-corrected chi connectivity index (χ3v) is 5.43. The number of aliphatic hydroxyl groups excluding tert-OH is 7. The molecule has 2 aliphatic heterocycles. The van der Waals surface area contributed by atoms with Gasteiger partial charge in [-0.25, -0.2) is 0 Å². The fraction of sp³-hybridized carbons (Fsp3) is 0.650.